The van der Waals surface area contributed by atoms with Crippen LogP contribution in [-0.4, -0.2) is 4.98 Å². The number of nitrogen functional groups attached to an aromatic ring is 1. The average Bonchev–Trinajstić information content (AvgIpc) is 2.55. The van der Waals surface area contributed by atoms with Crippen molar-refractivity contribution in [1.29, 1.82) is 0 Å². The molecule has 1 heterocycles. The van der Waals surface area contributed by atoms with Crippen LogP contribution in [0.2, 0.25) is 0 Å². The quantitative estimate of drug-likeness (QED) is 0.397. The topological polar surface area (TPSA) is 38.9 Å². The first-order chi connectivity index (χ1) is 10.7. The Morgan fingerprint density at radius 2 is 1.36 bits per heavy atom. The number of para-hydroxylation sites is 2. The molecule has 2 nitrogen and oxygen atoms in total. The lowest BCUT2D eigenvalue weighted by Crippen LogP contribution is -1.94. The highest BCUT2D eigenvalue weighted by molar-refractivity contribution is 6.11. The fraction of sp³-hybridized carbons (Fsp3) is 0.0500. The number of hydrogen-bond acceptors (Lipinski definition) is 2. The summed E-state index contributed by atoms with van der Waals surface area (Å²) in [4.78, 5) is 4.78. The molecular formula is C20H16N2. The van der Waals surface area contributed by atoms with Crippen molar-refractivity contribution in [3.8, 4) is 11.1 Å². The number of fused-ring (bicyclic) bond motifs is 2. The van der Waals surface area contributed by atoms with Crippen molar-refractivity contribution >= 4 is 27.5 Å². The molecule has 2 N–H and O–H groups in total. The summed E-state index contributed by atoms with van der Waals surface area (Å²) >= 11 is 0. The monoisotopic (exact) mass is 284 g/mol. The van der Waals surface area contributed by atoms with Gasteiger partial charge in [0.05, 0.1) is 11.0 Å². The molecular weight excluding hydrogens is 268 g/mol. The Kier molecular flexibility index (Phi) is 2.83. The summed E-state index contributed by atoms with van der Waals surface area (Å²) in [6.45, 7) is 2.09. The summed E-state index contributed by atoms with van der Waals surface area (Å²) in [6, 6.07) is 22.7. The van der Waals surface area contributed by atoms with E-state index in [0.717, 1.165) is 33.1 Å². The normalized spacial score (nSPS) is 11.1. The Morgan fingerprint density at radius 1 is 0.773 bits per heavy atom. The molecule has 2 heteroatoms. The Labute approximate surface area is 129 Å². The van der Waals surface area contributed by atoms with E-state index >= 15 is 0 Å². The molecule has 0 atom stereocenters. The van der Waals surface area contributed by atoms with Gasteiger partial charge in [0, 0.05) is 27.6 Å². The second kappa shape index (κ2) is 4.85. The molecule has 0 bridgehead atoms. The van der Waals surface area contributed by atoms with E-state index < -0.39 is 0 Å². The Bertz CT molecular complexity index is 949. The molecule has 22 heavy (non-hydrogen) atoms. The van der Waals surface area contributed by atoms with Crippen LogP contribution in [0.3, 0.4) is 0 Å². The maximum atomic E-state index is 6.28. The summed E-state index contributed by atoms with van der Waals surface area (Å²) in [7, 11) is 0. The number of hydrogen-bond donors (Lipinski definition) is 1. The van der Waals surface area contributed by atoms with Crippen LogP contribution >= 0.6 is 0 Å². The Hall–Kier alpha value is -2.87. The van der Waals surface area contributed by atoms with E-state index in [2.05, 4.69) is 37.3 Å². The van der Waals surface area contributed by atoms with Gasteiger partial charge in [0.1, 0.15) is 0 Å². The molecule has 0 aliphatic rings. The van der Waals surface area contributed by atoms with Crippen LogP contribution in [0, 0.1) is 6.92 Å². The summed E-state index contributed by atoms with van der Waals surface area (Å²) in [5, 5.41) is 2.28. The van der Waals surface area contributed by atoms with E-state index in [-0.39, 0.29) is 0 Å². The first kappa shape index (κ1) is 12.8. The van der Waals surface area contributed by atoms with Crippen molar-refractivity contribution in [2.75, 3.05) is 5.73 Å². The van der Waals surface area contributed by atoms with Gasteiger partial charge in [-0.15, -0.1) is 0 Å². The molecule has 4 aromatic rings. The van der Waals surface area contributed by atoms with Gasteiger partial charge in [-0.05, 0) is 31.2 Å². The van der Waals surface area contributed by atoms with Crippen LogP contribution in [0.4, 0.5) is 5.69 Å². The minimum atomic E-state index is 0.798. The van der Waals surface area contributed by atoms with Crippen molar-refractivity contribution in [1.82, 2.24) is 4.98 Å². The highest BCUT2D eigenvalue weighted by Gasteiger charge is 2.13. The van der Waals surface area contributed by atoms with Crippen LogP contribution in [-0.2, 0) is 0 Å². The van der Waals surface area contributed by atoms with Crippen LogP contribution in [0.25, 0.3) is 32.9 Å². The number of pyridine rings is 1. The van der Waals surface area contributed by atoms with Crippen LogP contribution in [0.5, 0.6) is 0 Å². The van der Waals surface area contributed by atoms with E-state index in [1.807, 2.05) is 36.4 Å². The first-order valence-corrected chi connectivity index (χ1v) is 7.38. The van der Waals surface area contributed by atoms with E-state index in [9.17, 15) is 0 Å². The Morgan fingerprint density at radius 3 is 2.00 bits per heavy atom. The standard InChI is InChI=1S/C20H16N2/c1-13-10-11-17(21)16(12-13)20-14-6-2-4-8-18(14)22-19-9-5-3-7-15(19)20/h2-12H,21H2,1H3. The molecule has 1 aromatic heterocycles. The van der Waals surface area contributed by atoms with Gasteiger partial charge >= 0.3 is 0 Å². The molecule has 0 saturated carbocycles. The van der Waals surface area contributed by atoms with E-state index in [0.29, 0.717) is 0 Å². The van der Waals surface area contributed by atoms with Crippen molar-refractivity contribution in [2.24, 2.45) is 0 Å². The molecule has 4 rings (SSSR count). The fourth-order valence-electron chi connectivity index (χ4n) is 3.02. The second-order valence-electron chi connectivity index (χ2n) is 5.61. The van der Waals surface area contributed by atoms with Gasteiger partial charge in [0.2, 0.25) is 0 Å². The number of anilines is 1. The van der Waals surface area contributed by atoms with Crippen LogP contribution in [0.1, 0.15) is 5.56 Å². The van der Waals surface area contributed by atoms with Gasteiger partial charge < -0.3 is 5.73 Å². The summed E-state index contributed by atoms with van der Waals surface area (Å²) in [6.07, 6.45) is 0. The van der Waals surface area contributed by atoms with Gasteiger partial charge in [0.25, 0.3) is 0 Å². The molecule has 0 spiro atoms. The molecule has 0 aliphatic carbocycles. The van der Waals surface area contributed by atoms with Crippen molar-refractivity contribution in [3.63, 3.8) is 0 Å². The SMILES string of the molecule is Cc1ccc(N)c(-c2c3ccccc3nc3ccccc23)c1. The molecule has 0 saturated heterocycles. The molecule has 0 radical (unpaired) electrons. The highest BCUT2D eigenvalue weighted by Crippen LogP contribution is 2.37. The number of aryl methyl sites for hydroxylation is 1. The second-order valence-corrected chi connectivity index (χ2v) is 5.61. The zero-order valence-corrected chi connectivity index (χ0v) is 12.4. The maximum Gasteiger partial charge on any atom is 0.0715 e. The van der Waals surface area contributed by atoms with E-state index in [4.69, 9.17) is 10.7 Å². The number of benzene rings is 3. The molecule has 0 unspecified atom stereocenters. The third-order valence-electron chi connectivity index (χ3n) is 4.07. The molecule has 3 aromatic carbocycles. The van der Waals surface area contributed by atoms with Gasteiger partial charge in [-0.1, -0.05) is 48.0 Å². The average molecular weight is 284 g/mol. The largest absolute Gasteiger partial charge is 0.398 e. The van der Waals surface area contributed by atoms with E-state index in [1.165, 1.54) is 11.1 Å². The van der Waals surface area contributed by atoms with E-state index in [1.54, 1.807) is 0 Å². The van der Waals surface area contributed by atoms with Gasteiger partial charge in [-0.25, -0.2) is 4.98 Å². The first-order valence-electron chi connectivity index (χ1n) is 7.38. The zero-order valence-electron chi connectivity index (χ0n) is 12.4. The number of nitrogens with zero attached hydrogens (tertiary/aromatic N) is 1. The highest BCUT2D eigenvalue weighted by atomic mass is 14.7. The van der Waals surface area contributed by atoms with Crippen molar-refractivity contribution < 1.29 is 0 Å². The van der Waals surface area contributed by atoms with Crippen molar-refractivity contribution in [2.45, 2.75) is 6.92 Å². The van der Waals surface area contributed by atoms with Crippen LogP contribution in [0.15, 0.2) is 66.7 Å². The lowest BCUT2D eigenvalue weighted by molar-refractivity contribution is 1.46. The predicted molar refractivity (Wildman–Crippen MR) is 93.8 cm³/mol. The third kappa shape index (κ3) is 1.92. The summed E-state index contributed by atoms with van der Waals surface area (Å²) in [5.41, 5.74) is 12.5. The molecule has 0 fully saturated rings. The predicted octanol–water partition coefficient (Wildman–Crippen LogP) is 4.95. The maximum absolute atomic E-state index is 6.28. The van der Waals surface area contributed by atoms with Gasteiger partial charge in [-0.2, -0.15) is 0 Å². The molecule has 0 aliphatic heterocycles. The number of aromatic nitrogens is 1. The molecule has 106 valence electrons. The molecule has 0 amide bonds. The minimum Gasteiger partial charge on any atom is -0.398 e. The van der Waals surface area contributed by atoms with Gasteiger partial charge in [0.15, 0.2) is 0 Å². The van der Waals surface area contributed by atoms with Crippen LogP contribution < -0.4 is 5.73 Å². The third-order valence-corrected chi connectivity index (χ3v) is 4.07. The lowest BCUT2D eigenvalue weighted by atomic mass is 9.94. The fourth-order valence-corrected chi connectivity index (χ4v) is 3.02. The summed E-state index contributed by atoms with van der Waals surface area (Å²) in [5.74, 6) is 0. The Balaban J connectivity index is 2.24. The number of nitrogens with two attached hydrogens (primary N) is 1. The minimum absolute atomic E-state index is 0.798. The summed E-state index contributed by atoms with van der Waals surface area (Å²) < 4.78 is 0. The lowest BCUT2D eigenvalue weighted by Gasteiger charge is -2.13. The van der Waals surface area contributed by atoms with Gasteiger partial charge in [-0.3, -0.25) is 0 Å². The zero-order chi connectivity index (χ0) is 15.1. The van der Waals surface area contributed by atoms with Crippen molar-refractivity contribution in [3.05, 3.63) is 72.3 Å². The smallest absolute Gasteiger partial charge is 0.0715 e. The number of rotatable bonds is 1.